The van der Waals surface area contributed by atoms with Crippen molar-refractivity contribution in [1.29, 1.82) is 0 Å². The van der Waals surface area contributed by atoms with Crippen LogP contribution in [0.25, 0.3) is 49.7 Å². The predicted molar refractivity (Wildman–Crippen MR) is 455 cm³/mol. The van der Waals surface area contributed by atoms with Gasteiger partial charge in [-0.3, -0.25) is 9.59 Å². The number of aliphatic hydroxyl groups is 4. The molecule has 0 bridgehead atoms. The van der Waals surface area contributed by atoms with E-state index in [9.17, 15) is 39.6 Å². The van der Waals surface area contributed by atoms with Gasteiger partial charge in [0.25, 0.3) is 0 Å². The number of rotatable bonds is 29. The molecule has 21 heteroatoms. The van der Waals surface area contributed by atoms with Gasteiger partial charge in [0.05, 0.1) is 75.6 Å². The molecule has 4 aliphatic heterocycles. The molecule has 8 heterocycles. The maximum absolute atomic E-state index is 11.8. The average molecular weight is 1630 g/mol. The van der Waals surface area contributed by atoms with Gasteiger partial charge in [-0.2, -0.15) is 0 Å². The number of carbonyl (C=O) groups excluding carboxylic acids is 4. The second-order valence-corrected chi connectivity index (χ2v) is 31.9. The SMILES string of the molecule is C=CC(=O)OCC.CCC1(CCO)OCCc2c1[nH]c1c(C(C)C)cc(Br)cc21.CCOC(=O)/C=C/c1cc(C(C)C)c2[nH]c3c(c2c1)CCOC3(CC)CCO.CCOC(=O)CCc1cc(C(C)C)c2[nH]c3c(c2c1)CCOC3(CC)CCO.CCOC(=O)CCc1cc(C(C)C)c2[nH]c3c(c2c1)CCOC3(CC)CCO.[HH]. The van der Waals surface area contributed by atoms with Crippen molar-refractivity contribution in [2.24, 2.45) is 0 Å². The number of carbonyl (C=O) groups is 4. The van der Waals surface area contributed by atoms with Crippen LogP contribution < -0.4 is 0 Å². The lowest BCUT2D eigenvalue weighted by molar-refractivity contribution is -0.144. The Morgan fingerprint density at radius 3 is 1.04 bits per heavy atom. The highest BCUT2D eigenvalue weighted by molar-refractivity contribution is 9.10. The van der Waals surface area contributed by atoms with Crippen LogP contribution in [0.3, 0.4) is 0 Å². The summed E-state index contributed by atoms with van der Waals surface area (Å²) in [5, 5.41) is 43.3. The van der Waals surface area contributed by atoms with Crippen molar-refractivity contribution in [3.63, 3.8) is 0 Å². The average Bonchev–Trinajstić information content (AvgIpc) is 1.61. The summed E-state index contributed by atoms with van der Waals surface area (Å²) in [6.07, 6.45) is 15.8. The van der Waals surface area contributed by atoms with Gasteiger partial charge in [-0.05, 0) is 219 Å². The summed E-state index contributed by atoms with van der Waals surface area (Å²) in [7, 11) is 0. The fraction of sp³-hybridized carbons (Fsp3) is 0.565. The van der Waals surface area contributed by atoms with E-state index in [1.54, 1.807) is 13.8 Å². The molecule has 0 saturated heterocycles. The minimum atomic E-state index is -0.462. The van der Waals surface area contributed by atoms with Crippen molar-refractivity contribution >= 4 is 89.5 Å². The molecule has 4 atom stereocenters. The molecule has 0 saturated carbocycles. The first-order valence-electron chi connectivity index (χ1n) is 41.5. The molecular formula is C92H131BrN4O16. The van der Waals surface area contributed by atoms with Crippen LogP contribution in [0.1, 0.15) is 284 Å². The third-order valence-corrected chi connectivity index (χ3v) is 23.3. The molecule has 0 amide bonds. The number of esters is 4. The summed E-state index contributed by atoms with van der Waals surface area (Å²) in [4.78, 5) is 60.1. The lowest BCUT2D eigenvalue weighted by Crippen LogP contribution is -2.36. The first-order valence-corrected chi connectivity index (χ1v) is 42.3. The van der Waals surface area contributed by atoms with Gasteiger partial charge in [0.15, 0.2) is 0 Å². The topological polar surface area (TPSA) is 286 Å². The number of hydrogen-bond acceptors (Lipinski definition) is 16. The first kappa shape index (κ1) is 91.1. The summed E-state index contributed by atoms with van der Waals surface area (Å²) in [6, 6.07) is 17.6. The van der Waals surface area contributed by atoms with Crippen molar-refractivity contribution in [1.82, 2.24) is 19.9 Å². The molecule has 12 rings (SSSR count). The number of benzene rings is 4. The van der Waals surface area contributed by atoms with Crippen molar-refractivity contribution < 1.29 is 78.9 Å². The molecule has 622 valence electrons. The normalized spacial score (nSPS) is 19.0. The van der Waals surface area contributed by atoms with Gasteiger partial charge in [0, 0.05) is 127 Å². The van der Waals surface area contributed by atoms with Crippen LogP contribution >= 0.6 is 15.9 Å². The maximum Gasteiger partial charge on any atom is 0.330 e. The second-order valence-electron chi connectivity index (χ2n) is 31.0. The highest BCUT2D eigenvalue weighted by Crippen LogP contribution is 2.48. The largest absolute Gasteiger partial charge is 0.466 e. The van der Waals surface area contributed by atoms with Gasteiger partial charge >= 0.3 is 23.9 Å². The zero-order valence-corrected chi connectivity index (χ0v) is 71.8. The van der Waals surface area contributed by atoms with Gasteiger partial charge in [-0.15, -0.1) is 0 Å². The molecule has 20 nitrogen and oxygen atoms in total. The summed E-state index contributed by atoms with van der Waals surface area (Å²) in [5.41, 5.74) is 21.1. The number of aryl methyl sites for hydroxylation is 2. The van der Waals surface area contributed by atoms with Gasteiger partial charge in [0.2, 0.25) is 0 Å². The Morgan fingerprint density at radius 2 is 0.743 bits per heavy atom. The number of aromatic amines is 4. The highest BCUT2D eigenvalue weighted by Gasteiger charge is 2.43. The van der Waals surface area contributed by atoms with E-state index in [1.807, 2.05) is 19.9 Å². The van der Waals surface area contributed by atoms with Crippen LogP contribution in [0.4, 0.5) is 0 Å². The van der Waals surface area contributed by atoms with Crippen molar-refractivity contribution in [2.45, 2.75) is 260 Å². The van der Waals surface area contributed by atoms with Gasteiger partial charge in [0.1, 0.15) is 22.4 Å². The molecule has 4 aromatic carbocycles. The first-order chi connectivity index (χ1) is 54.2. The summed E-state index contributed by atoms with van der Waals surface area (Å²) in [6.45, 7) is 41.2. The van der Waals surface area contributed by atoms with E-state index in [1.165, 1.54) is 105 Å². The number of nitrogens with one attached hydrogen (secondary N) is 4. The van der Waals surface area contributed by atoms with E-state index in [0.717, 1.165) is 96.7 Å². The second kappa shape index (κ2) is 41.9. The lowest BCUT2D eigenvalue weighted by Gasteiger charge is -2.36. The minimum absolute atomic E-state index is 0. The molecule has 0 radical (unpaired) electrons. The molecule has 4 aromatic heterocycles. The molecular weight excluding hydrogens is 1500 g/mol. The molecule has 0 aliphatic carbocycles. The maximum atomic E-state index is 11.8. The van der Waals surface area contributed by atoms with Crippen LogP contribution in [0.2, 0.25) is 0 Å². The Balaban J connectivity index is 0.000000205. The number of aromatic nitrogens is 4. The molecule has 8 aromatic rings. The third-order valence-electron chi connectivity index (χ3n) is 22.9. The van der Waals surface area contributed by atoms with Gasteiger partial charge in [-0.1, -0.05) is 118 Å². The van der Waals surface area contributed by atoms with Crippen LogP contribution in [-0.4, -0.2) is 144 Å². The number of H-pyrrole nitrogens is 4. The van der Waals surface area contributed by atoms with E-state index in [0.29, 0.717) is 121 Å². The Hall–Kier alpha value is -7.44. The number of aliphatic hydroxyl groups excluding tert-OH is 4. The Labute approximate surface area is 679 Å². The fourth-order valence-electron chi connectivity index (χ4n) is 17.0. The summed E-state index contributed by atoms with van der Waals surface area (Å²) in [5.74, 6) is 0.522. The van der Waals surface area contributed by atoms with Gasteiger partial charge < -0.3 is 78.3 Å². The fourth-order valence-corrected chi connectivity index (χ4v) is 17.4. The third kappa shape index (κ3) is 20.9. The van der Waals surface area contributed by atoms with E-state index in [-0.39, 0.29) is 57.3 Å². The molecule has 0 fully saturated rings. The Morgan fingerprint density at radius 1 is 0.442 bits per heavy atom. The molecule has 4 aliphatic rings. The predicted octanol–water partition coefficient (Wildman–Crippen LogP) is 18.7. The van der Waals surface area contributed by atoms with Crippen molar-refractivity contribution in [3.05, 3.63) is 156 Å². The van der Waals surface area contributed by atoms with Gasteiger partial charge in [-0.25, -0.2) is 9.59 Å². The molecule has 113 heavy (non-hydrogen) atoms. The van der Waals surface area contributed by atoms with Crippen molar-refractivity contribution in [2.75, 3.05) is 79.3 Å². The molecule has 8 N–H and O–H groups in total. The minimum Gasteiger partial charge on any atom is -0.466 e. The van der Waals surface area contributed by atoms with E-state index < -0.39 is 16.8 Å². The van der Waals surface area contributed by atoms with E-state index >= 15 is 0 Å². The highest BCUT2D eigenvalue weighted by atomic mass is 79.9. The smallest absolute Gasteiger partial charge is 0.330 e. The van der Waals surface area contributed by atoms with Crippen LogP contribution in [0, 0.1) is 0 Å². The number of halogens is 1. The molecule has 0 spiro atoms. The van der Waals surface area contributed by atoms with Crippen LogP contribution in [0.5, 0.6) is 0 Å². The molecule has 4 unspecified atom stereocenters. The monoisotopic (exact) mass is 1630 g/mol. The Bertz CT molecular complexity index is 4420. The summed E-state index contributed by atoms with van der Waals surface area (Å²) >= 11 is 3.66. The van der Waals surface area contributed by atoms with E-state index in [2.05, 4.69) is 179 Å². The number of hydrogen-bond donors (Lipinski definition) is 8. The zero-order chi connectivity index (χ0) is 82.5. The quantitative estimate of drug-likeness (QED) is 0.0123. The summed E-state index contributed by atoms with van der Waals surface area (Å²) < 4.78 is 45.4. The standard InChI is InChI=1S/2C23H33NO4.C23H31NO4.C18H24BrNO2.C5H8O2.H2/c3*1-5-23(10-11-25)22-17(9-12-28-23)19-14-16(7-8-20(26)27-6-2)13-18(15(3)4)21(19)24-22;1-4-18(6-7-21)17-13(5-8-22-18)15-10-12(19)9-14(11(2)3)16(15)20-17;1-3-5(6)7-4-2;/h2*13-15,24-25H,5-12H2,1-4H3;7-8,13-15,24-25H,5-6,9-12H2,1-4H3;9-11,20-21H,4-8H2,1-3H3;3H,1,4H2,2H3;1H/b;;8-7+;;;. The van der Waals surface area contributed by atoms with Crippen LogP contribution in [-0.2, 0) is 118 Å². The zero-order valence-electron chi connectivity index (χ0n) is 70.2. The number of fused-ring (bicyclic) bond motifs is 12. The number of ether oxygens (including phenoxy) is 8. The lowest BCUT2D eigenvalue weighted by atomic mass is 9.86. The Kier molecular flexibility index (Phi) is 33.8. The van der Waals surface area contributed by atoms with Crippen LogP contribution in [0.15, 0.2) is 71.7 Å². The van der Waals surface area contributed by atoms with Crippen molar-refractivity contribution in [3.8, 4) is 0 Å². The van der Waals surface area contributed by atoms with E-state index in [4.69, 9.17) is 33.2 Å².